The van der Waals surface area contributed by atoms with Crippen molar-refractivity contribution in [2.75, 3.05) is 4.90 Å². The third-order valence-corrected chi connectivity index (χ3v) is 7.47. The van der Waals surface area contributed by atoms with E-state index < -0.39 is 24.0 Å². The first kappa shape index (κ1) is 21.0. The second-order valence-corrected chi connectivity index (χ2v) is 9.38. The summed E-state index contributed by atoms with van der Waals surface area (Å²) in [6.45, 7) is 0. The lowest BCUT2D eigenvalue weighted by molar-refractivity contribution is -0.135. The second kappa shape index (κ2) is 8.33. The SMILES string of the molecule is O=C(C1CCCCC1)C1C(O)C(=O)N(c2ccc3[nH]cnc3c2)C1c1ccnc2ccccc12. The normalized spacial score (nSPS) is 23.7. The molecule has 0 bridgehead atoms. The van der Waals surface area contributed by atoms with Crippen molar-refractivity contribution in [1.82, 2.24) is 15.0 Å². The van der Waals surface area contributed by atoms with Gasteiger partial charge in [-0.2, -0.15) is 0 Å². The van der Waals surface area contributed by atoms with Crippen LogP contribution in [0.5, 0.6) is 0 Å². The Morgan fingerprint density at radius 2 is 1.82 bits per heavy atom. The lowest BCUT2D eigenvalue weighted by Crippen LogP contribution is -2.35. The first-order valence-electron chi connectivity index (χ1n) is 11.9. The molecule has 2 aliphatic rings. The Bertz CT molecular complexity index is 1390. The van der Waals surface area contributed by atoms with Gasteiger partial charge in [0.1, 0.15) is 11.9 Å². The van der Waals surface area contributed by atoms with Gasteiger partial charge >= 0.3 is 0 Å². The molecule has 1 amide bonds. The number of aliphatic hydroxyl groups excluding tert-OH is 1. The highest BCUT2D eigenvalue weighted by Crippen LogP contribution is 2.46. The predicted molar refractivity (Wildman–Crippen MR) is 129 cm³/mol. The van der Waals surface area contributed by atoms with E-state index in [0.717, 1.165) is 59.6 Å². The van der Waals surface area contributed by atoms with Crippen LogP contribution in [-0.4, -0.2) is 37.9 Å². The van der Waals surface area contributed by atoms with Crippen LogP contribution >= 0.6 is 0 Å². The summed E-state index contributed by atoms with van der Waals surface area (Å²) in [6, 6.07) is 14.5. The molecule has 1 saturated carbocycles. The zero-order valence-electron chi connectivity index (χ0n) is 18.7. The molecule has 4 aromatic rings. The van der Waals surface area contributed by atoms with E-state index in [-0.39, 0.29) is 11.7 Å². The molecule has 2 aromatic carbocycles. The number of carbonyl (C=O) groups excluding carboxylic acids is 2. The summed E-state index contributed by atoms with van der Waals surface area (Å²) in [7, 11) is 0. The minimum absolute atomic E-state index is 0.00482. The lowest BCUT2D eigenvalue weighted by atomic mass is 9.77. The van der Waals surface area contributed by atoms with Crippen LogP contribution in [-0.2, 0) is 9.59 Å². The van der Waals surface area contributed by atoms with Gasteiger partial charge in [-0.25, -0.2) is 4.98 Å². The minimum atomic E-state index is -1.39. The van der Waals surface area contributed by atoms with Gasteiger partial charge in [0.15, 0.2) is 0 Å². The number of para-hydroxylation sites is 1. The largest absolute Gasteiger partial charge is 0.382 e. The third-order valence-electron chi connectivity index (χ3n) is 7.47. The van der Waals surface area contributed by atoms with Crippen LogP contribution in [0.1, 0.15) is 43.7 Å². The van der Waals surface area contributed by atoms with Gasteiger partial charge in [0.2, 0.25) is 0 Å². The first-order valence-corrected chi connectivity index (χ1v) is 11.9. The molecule has 2 aromatic heterocycles. The summed E-state index contributed by atoms with van der Waals surface area (Å²) in [5.41, 5.74) is 3.82. The maximum atomic E-state index is 13.9. The molecular weight excluding hydrogens is 428 g/mol. The number of nitrogens with zero attached hydrogens (tertiary/aromatic N) is 3. The van der Waals surface area contributed by atoms with Gasteiger partial charge in [-0.1, -0.05) is 37.5 Å². The van der Waals surface area contributed by atoms with Crippen molar-refractivity contribution in [3.8, 4) is 0 Å². The van der Waals surface area contributed by atoms with E-state index in [9.17, 15) is 14.7 Å². The molecule has 6 rings (SSSR count). The number of carbonyl (C=O) groups is 2. The smallest absolute Gasteiger partial charge is 0.257 e. The molecule has 3 heterocycles. The Morgan fingerprint density at radius 3 is 2.68 bits per heavy atom. The van der Waals surface area contributed by atoms with E-state index in [0.29, 0.717) is 5.69 Å². The number of hydrogen-bond donors (Lipinski definition) is 2. The van der Waals surface area contributed by atoms with E-state index in [4.69, 9.17) is 0 Å². The summed E-state index contributed by atoms with van der Waals surface area (Å²) < 4.78 is 0. The number of nitrogens with one attached hydrogen (secondary N) is 1. The van der Waals surface area contributed by atoms with E-state index in [1.54, 1.807) is 17.4 Å². The van der Waals surface area contributed by atoms with Crippen LogP contribution in [0.15, 0.2) is 61.1 Å². The Hall–Kier alpha value is -3.58. The number of imidazole rings is 1. The minimum Gasteiger partial charge on any atom is -0.382 e. The summed E-state index contributed by atoms with van der Waals surface area (Å²) in [4.78, 5) is 40.9. The molecule has 3 unspecified atom stereocenters. The molecule has 34 heavy (non-hydrogen) atoms. The number of benzene rings is 2. The maximum absolute atomic E-state index is 13.9. The van der Waals surface area contributed by atoms with Crippen molar-refractivity contribution in [2.45, 2.75) is 44.2 Å². The summed E-state index contributed by atoms with van der Waals surface area (Å²) in [6.07, 6.45) is 6.72. The molecule has 7 nitrogen and oxygen atoms in total. The number of fused-ring (bicyclic) bond motifs is 2. The van der Waals surface area contributed by atoms with E-state index in [2.05, 4.69) is 15.0 Å². The molecule has 1 aliphatic heterocycles. The fourth-order valence-electron chi connectivity index (χ4n) is 5.80. The first-order chi connectivity index (χ1) is 16.6. The van der Waals surface area contributed by atoms with Gasteiger partial charge in [0.25, 0.3) is 5.91 Å². The van der Waals surface area contributed by atoms with E-state index >= 15 is 0 Å². The Balaban J connectivity index is 1.53. The van der Waals surface area contributed by atoms with Crippen molar-refractivity contribution in [1.29, 1.82) is 0 Å². The number of anilines is 1. The molecule has 2 fully saturated rings. The molecule has 0 radical (unpaired) electrons. The zero-order valence-corrected chi connectivity index (χ0v) is 18.7. The monoisotopic (exact) mass is 454 g/mol. The quantitative estimate of drug-likeness (QED) is 0.478. The van der Waals surface area contributed by atoms with E-state index in [1.807, 2.05) is 48.5 Å². The zero-order chi connectivity index (χ0) is 23.2. The van der Waals surface area contributed by atoms with Crippen LogP contribution < -0.4 is 4.90 Å². The van der Waals surface area contributed by atoms with Crippen molar-refractivity contribution in [2.24, 2.45) is 11.8 Å². The number of aliphatic hydroxyl groups is 1. The number of H-pyrrole nitrogens is 1. The molecule has 0 spiro atoms. The fourth-order valence-corrected chi connectivity index (χ4v) is 5.80. The standard InChI is InChI=1S/C27H26N4O3/c32-25(16-6-2-1-3-7-16)23-24(19-12-13-28-20-9-5-4-8-18(19)20)31(27(34)26(23)33)17-10-11-21-22(14-17)30-15-29-21/h4-5,8-16,23-24,26,33H,1-3,6-7H2,(H,29,30). The number of aromatic nitrogens is 3. The highest BCUT2D eigenvalue weighted by atomic mass is 16.3. The average molecular weight is 455 g/mol. The molecule has 172 valence electrons. The maximum Gasteiger partial charge on any atom is 0.257 e. The summed E-state index contributed by atoms with van der Waals surface area (Å²) >= 11 is 0. The number of ketones is 1. The topological polar surface area (TPSA) is 99.2 Å². The number of hydrogen-bond acceptors (Lipinski definition) is 5. The van der Waals surface area contributed by atoms with Crippen molar-refractivity contribution in [3.05, 3.63) is 66.6 Å². The Morgan fingerprint density at radius 1 is 1.00 bits per heavy atom. The summed E-state index contributed by atoms with van der Waals surface area (Å²) in [5.74, 6) is -1.41. The van der Waals surface area contributed by atoms with E-state index in [1.165, 1.54) is 0 Å². The van der Waals surface area contributed by atoms with Crippen LogP contribution in [0.2, 0.25) is 0 Å². The Labute approximate surface area is 196 Å². The number of pyridine rings is 1. The lowest BCUT2D eigenvalue weighted by Gasteiger charge is -2.31. The molecule has 2 N–H and O–H groups in total. The second-order valence-electron chi connectivity index (χ2n) is 9.38. The van der Waals surface area contributed by atoms with Gasteiger partial charge in [0, 0.05) is 23.2 Å². The van der Waals surface area contributed by atoms with Crippen LogP contribution in [0.3, 0.4) is 0 Å². The fraction of sp³-hybridized carbons (Fsp3) is 0.333. The predicted octanol–water partition coefficient (Wildman–Crippen LogP) is 4.33. The van der Waals surface area contributed by atoms with Gasteiger partial charge in [-0.15, -0.1) is 0 Å². The average Bonchev–Trinajstić information content (AvgIpc) is 3.45. The summed E-state index contributed by atoms with van der Waals surface area (Å²) in [5, 5.41) is 12.1. The highest BCUT2D eigenvalue weighted by molar-refractivity contribution is 6.07. The van der Waals surface area contributed by atoms with Crippen molar-refractivity contribution >= 4 is 39.3 Å². The Kier molecular flexibility index (Phi) is 5.14. The van der Waals surface area contributed by atoms with Crippen LogP contribution in [0.25, 0.3) is 21.9 Å². The van der Waals surface area contributed by atoms with Gasteiger partial charge in [-0.05, 0) is 48.7 Å². The van der Waals surface area contributed by atoms with Gasteiger partial charge in [0.05, 0.1) is 34.8 Å². The number of Topliss-reactive ketones (excluding diaryl/α,β-unsaturated/α-hetero) is 1. The van der Waals surface area contributed by atoms with Crippen LogP contribution in [0, 0.1) is 11.8 Å². The molecule has 7 heteroatoms. The molecule has 3 atom stereocenters. The third kappa shape index (κ3) is 3.30. The number of aromatic amines is 1. The molecular formula is C27H26N4O3. The number of rotatable bonds is 4. The van der Waals surface area contributed by atoms with Crippen LogP contribution in [0.4, 0.5) is 5.69 Å². The number of amides is 1. The van der Waals surface area contributed by atoms with Gasteiger partial charge in [-0.3, -0.25) is 14.6 Å². The molecule has 1 aliphatic carbocycles. The highest BCUT2D eigenvalue weighted by Gasteiger charge is 2.53. The van der Waals surface area contributed by atoms with Crippen molar-refractivity contribution < 1.29 is 14.7 Å². The van der Waals surface area contributed by atoms with Gasteiger partial charge < -0.3 is 15.0 Å². The van der Waals surface area contributed by atoms with Crippen molar-refractivity contribution in [3.63, 3.8) is 0 Å². The molecule has 1 saturated heterocycles.